The van der Waals surface area contributed by atoms with E-state index in [4.69, 9.17) is 9.26 Å². The van der Waals surface area contributed by atoms with Crippen LogP contribution in [0.1, 0.15) is 12.1 Å². The lowest BCUT2D eigenvalue weighted by Gasteiger charge is -2.12. The monoisotopic (exact) mass is 218 g/mol. The fraction of sp³-hybridized carbons (Fsp3) is 0.417. The van der Waals surface area contributed by atoms with Gasteiger partial charge in [0.05, 0.1) is 11.1 Å². The molecule has 84 valence electrons. The highest BCUT2D eigenvalue weighted by atomic mass is 16.5. The van der Waals surface area contributed by atoms with E-state index in [2.05, 4.69) is 10.5 Å². The third-order valence-electron chi connectivity index (χ3n) is 2.94. The van der Waals surface area contributed by atoms with Gasteiger partial charge in [0.25, 0.3) is 0 Å². The maximum Gasteiger partial charge on any atom is 0.170 e. The average molecular weight is 218 g/mol. The van der Waals surface area contributed by atoms with Gasteiger partial charge < -0.3 is 14.6 Å². The van der Waals surface area contributed by atoms with Crippen molar-refractivity contribution in [3.8, 4) is 5.75 Å². The van der Waals surface area contributed by atoms with E-state index in [0.29, 0.717) is 0 Å². The quantitative estimate of drug-likeness (QED) is 0.836. The van der Waals surface area contributed by atoms with Crippen molar-refractivity contribution in [3.05, 3.63) is 23.9 Å². The van der Waals surface area contributed by atoms with Crippen LogP contribution in [0.15, 0.2) is 22.7 Å². The van der Waals surface area contributed by atoms with Gasteiger partial charge in [0.2, 0.25) is 0 Å². The largest absolute Gasteiger partial charge is 0.488 e. The van der Waals surface area contributed by atoms with Gasteiger partial charge in [0.15, 0.2) is 5.58 Å². The summed E-state index contributed by atoms with van der Waals surface area (Å²) >= 11 is 0. The molecule has 0 aliphatic carbocycles. The molecule has 2 aromatic rings. The molecule has 16 heavy (non-hydrogen) atoms. The molecule has 4 heteroatoms. The number of benzene rings is 1. The molecule has 0 spiro atoms. The van der Waals surface area contributed by atoms with Gasteiger partial charge in [-0.3, -0.25) is 0 Å². The van der Waals surface area contributed by atoms with Gasteiger partial charge in [-0.15, -0.1) is 0 Å². The molecule has 4 nitrogen and oxygen atoms in total. The minimum absolute atomic E-state index is 0.264. The third-order valence-corrected chi connectivity index (χ3v) is 2.94. The average Bonchev–Trinajstić information content (AvgIpc) is 2.90. The van der Waals surface area contributed by atoms with E-state index in [9.17, 15) is 0 Å². The summed E-state index contributed by atoms with van der Waals surface area (Å²) in [5, 5.41) is 8.24. The summed E-state index contributed by atoms with van der Waals surface area (Å²) in [6.07, 6.45) is 1.32. The zero-order valence-corrected chi connectivity index (χ0v) is 9.19. The molecule has 1 aliphatic rings. The first-order valence-corrected chi connectivity index (χ1v) is 5.57. The zero-order valence-electron chi connectivity index (χ0n) is 9.19. The molecule has 0 amide bonds. The van der Waals surface area contributed by atoms with Crippen LogP contribution in [0.3, 0.4) is 0 Å². The van der Waals surface area contributed by atoms with Crippen LogP contribution >= 0.6 is 0 Å². The summed E-state index contributed by atoms with van der Waals surface area (Å²) in [6, 6.07) is 5.82. The van der Waals surface area contributed by atoms with Crippen molar-refractivity contribution in [3.63, 3.8) is 0 Å². The highest BCUT2D eigenvalue weighted by molar-refractivity contribution is 5.85. The molecule has 1 aromatic carbocycles. The molecule has 1 atom stereocenters. The lowest BCUT2D eigenvalue weighted by Crippen LogP contribution is -2.19. The Morgan fingerprint density at radius 3 is 3.25 bits per heavy atom. The van der Waals surface area contributed by atoms with Crippen LogP contribution in [0.2, 0.25) is 0 Å². The molecular weight excluding hydrogens is 204 g/mol. The van der Waals surface area contributed by atoms with Gasteiger partial charge in [0.1, 0.15) is 11.9 Å². The summed E-state index contributed by atoms with van der Waals surface area (Å²) in [6.45, 7) is 3.88. The van der Waals surface area contributed by atoms with Crippen molar-refractivity contribution in [2.45, 2.75) is 19.4 Å². The summed E-state index contributed by atoms with van der Waals surface area (Å²) < 4.78 is 11.2. The number of hydrogen-bond donors (Lipinski definition) is 1. The van der Waals surface area contributed by atoms with Gasteiger partial charge >= 0.3 is 0 Å². The third kappa shape index (κ3) is 1.55. The van der Waals surface area contributed by atoms with Crippen LogP contribution in [0.4, 0.5) is 0 Å². The van der Waals surface area contributed by atoms with E-state index < -0.39 is 0 Å². The molecule has 3 rings (SSSR count). The smallest absolute Gasteiger partial charge is 0.170 e. The highest BCUT2D eigenvalue weighted by Crippen LogP contribution is 2.29. The Morgan fingerprint density at radius 2 is 2.44 bits per heavy atom. The fourth-order valence-electron chi connectivity index (χ4n) is 2.11. The fourth-order valence-corrected chi connectivity index (χ4v) is 2.11. The second kappa shape index (κ2) is 3.79. The SMILES string of the molecule is Cc1noc2cccc(OC3CCNC3)c12. The molecule has 1 fully saturated rings. The number of nitrogens with zero attached hydrogens (tertiary/aromatic N) is 1. The first-order valence-electron chi connectivity index (χ1n) is 5.57. The van der Waals surface area contributed by atoms with E-state index >= 15 is 0 Å². The molecule has 0 saturated carbocycles. The minimum Gasteiger partial charge on any atom is -0.488 e. The van der Waals surface area contributed by atoms with E-state index in [1.54, 1.807) is 0 Å². The Kier molecular flexibility index (Phi) is 2.29. The number of fused-ring (bicyclic) bond motifs is 1. The first kappa shape index (κ1) is 9.66. The van der Waals surface area contributed by atoms with Crippen molar-refractivity contribution in [1.29, 1.82) is 0 Å². The molecule has 1 unspecified atom stereocenters. The van der Waals surface area contributed by atoms with Gasteiger partial charge in [-0.2, -0.15) is 0 Å². The number of nitrogens with one attached hydrogen (secondary N) is 1. The van der Waals surface area contributed by atoms with Crippen LogP contribution in [0.5, 0.6) is 5.75 Å². The molecule has 0 bridgehead atoms. The number of ether oxygens (including phenoxy) is 1. The van der Waals surface area contributed by atoms with Crippen LogP contribution in [-0.4, -0.2) is 24.4 Å². The Hall–Kier alpha value is -1.55. The second-order valence-corrected chi connectivity index (χ2v) is 4.13. The summed E-state index contributed by atoms with van der Waals surface area (Å²) in [5.74, 6) is 0.880. The van der Waals surface area contributed by atoms with Crippen molar-refractivity contribution in [2.24, 2.45) is 0 Å². The number of hydrogen-bond acceptors (Lipinski definition) is 4. The van der Waals surface area contributed by atoms with Gasteiger partial charge in [-0.1, -0.05) is 11.2 Å². The first-order chi connectivity index (χ1) is 7.84. The number of rotatable bonds is 2. The van der Waals surface area contributed by atoms with Crippen LogP contribution < -0.4 is 10.1 Å². The summed E-state index contributed by atoms with van der Waals surface area (Å²) in [4.78, 5) is 0. The standard InChI is InChI=1S/C12H14N2O2/c1-8-12-10(15-9-5-6-13-7-9)3-2-4-11(12)16-14-8/h2-4,9,13H,5-7H2,1H3. The molecule has 2 heterocycles. The molecule has 1 aliphatic heterocycles. The van der Waals surface area contributed by atoms with Crippen LogP contribution in [0.25, 0.3) is 11.0 Å². The highest BCUT2D eigenvalue weighted by Gasteiger charge is 2.18. The van der Waals surface area contributed by atoms with E-state index in [-0.39, 0.29) is 6.10 Å². The topological polar surface area (TPSA) is 47.3 Å². The van der Waals surface area contributed by atoms with Gasteiger partial charge in [-0.05, 0) is 32.0 Å². The van der Waals surface area contributed by atoms with Crippen molar-refractivity contribution in [1.82, 2.24) is 10.5 Å². The lowest BCUT2D eigenvalue weighted by molar-refractivity contribution is 0.226. The number of aryl methyl sites for hydroxylation is 1. The molecule has 1 N–H and O–H groups in total. The number of aromatic nitrogens is 1. The molecule has 0 radical (unpaired) electrons. The van der Waals surface area contributed by atoms with E-state index in [0.717, 1.165) is 41.9 Å². The Morgan fingerprint density at radius 1 is 1.50 bits per heavy atom. The van der Waals surface area contributed by atoms with E-state index in [1.807, 2.05) is 25.1 Å². The summed E-state index contributed by atoms with van der Waals surface area (Å²) in [5.41, 5.74) is 1.68. The van der Waals surface area contributed by atoms with Gasteiger partial charge in [0, 0.05) is 6.54 Å². The Labute approximate surface area is 93.6 Å². The maximum absolute atomic E-state index is 5.97. The Balaban J connectivity index is 1.98. The van der Waals surface area contributed by atoms with Crippen LogP contribution in [0, 0.1) is 6.92 Å². The van der Waals surface area contributed by atoms with Crippen molar-refractivity contribution >= 4 is 11.0 Å². The normalized spacial score (nSPS) is 20.4. The predicted octanol–water partition coefficient (Wildman–Crippen LogP) is 1.88. The van der Waals surface area contributed by atoms with E-state index in [1.165, 1.54) is 0 Å². The second-order valence-electron chi connectivity index (χ2n) is 4.13. The zero-order chi connectivity index (χ0) is 11.0. The Bertz CT molecular complexity index is 501. The van der Waals surface area contributed by atoms with Crippen molar-refractivity contribution < 1.29 is 9.26 Å². The van der Waals surface area contributed by atoms with Gasteiger partial charge in [-0.25, -0.2) is 0 Å². The lowest BCUT2D eigenvalue weighted by atomic mass is 10.2. The molecule has 1 aromatic heterocycles. The predicted molar refractivity (Wildman–Crippen MR) is 60.6 cm³/mol. The minimum atomic E-state index is 0.264. The maximum atomic E-state index is 5.97. The summed E-state index contributed by atoms with van der Waals surface area (Å²) in [7, 11) is 0. The van der Waals surface area contributed by atoms with Crippen LogP contribution in [-0.2, 0) is 0 Å². The molecular formula is C12H14N2O2. The van der Waals surface area contributed by atoms with Crippen molar-refractivity contribution in [2.75, 3.05) is 13.1 Å². The molecule has 1 saturated heterocycles.